The molecule has 0 N–H and O–H groups in total. The van der Waals surface area contributed by atoms with Gasteiger partial charge in [-0.1, -0.05) is 200 Å². The number of para-hydroxylation sites is 2. The Morgan fingerprint density at radius 2 is 0.786 bits per heavy atom. The molecule has 0 aliphatic rings. The summed E-state index contributed by atoms with van der Waals surface area (Å²) in [6.07, 6.45) is 0. The lowest BCUT2D eigenvalue weighted by Crippen LogP contribution is -2.10. The van der Waals surface area contributed by atoms with Gasteiger partial charge in [-0.3, -0.25) is 0 Å². The number of benzene rings is 12. The van der Waals surface area contributed by atoms with Crippen molar-refractivity contribution in [3.05, 3.63) is 272 Å². The van der Waals surface area contributed by atoms with Crippen molar-refractivity contribution in [3.8, 4) is 85.0 Å². The van der Waals surface area contributed by atoms with Crippen LogP contribution in [-0.2, 0) is 0 Å². The highest BCUT2D eigenvalue weighted by Crippen LogP contribution is 2.51. The zero-order valence-electron chi connectivity index (χ0n) is 63.4. The number of hydrogen-bond donors (Lipinski definition) is 0. The highest BCUT2D eigenvalue weighted by atomic mass is 16.3. The molecule has 0 aliphatic carbocycles. The molecule has 0 amide bonds. The summed E-state index contributed by atoms with van der Waals surface area (Å²) in [5.74, 6) is -1.64. The molecular formula is C76H44N6O2. The van der Waals surface area contributed by atoms with E-state index in [-0.39, 0.29) is 50.3 Å². The quantitative estimate of drug-likeness (QED) is 0.150. The summed E-state index contributed by atoms with van der Waals surface area (Å²) >= 11 is 0. The third kappa shape index (κ3) is 7.23. The van der Waals surface area contributed by atoms with Crippen molar-refractivity contribution >= 4 is 87.5 Å². The molecule has 0 spiro atoms. The van der Waals surface area contributed by atoms with Gasteiger partial charge < -0.3 is 18.0 Å². The third-order valence-electron chi connectivity index (χ3n) is 15.3. The topological polar surface area (TPSA) is 98.6 Å². The number of hydrogen-bond acceptors (Lipinski definition) is 6. The number of fused-ring (bicyclic) bond motifs is 14. The summed E-state index contributed by atoms with van der Waals surface area (Å²) < 4.78 is 196. The number of aromatic nitrogens is 5. The summed E-state index contributed by atoms with van der Waals surface area (Å²) in [4.78, 5) is 14.7. The van der Waals surface area contributed by atoms with E-state index in [2.05, 4.69) is 11.1 Å². The van der Waals surface area contributed by atoms with Crippen molar-refractivity contribution in [3.63, 3.8) is 0 Å². The normalized spacial score (nSPS) is 15.1. The molecule has 17 aromatic rings. The average Bonchev–Trinajstić information content (AvgIpc) is 1.51. The average molecular weight is 1090 g/mol. The predicted octanol–water partition coefficient (Wildman–Crippen LogP) is 19.7. The van der Waals surface area contributed by atoms with Crippen LogP contribution < -0.4 is 0 Å². The van der Waals surface area contributed by atoms with Gasteiger partial charge in [-0.2, -0.15) is 5.26 Å². The van der Waals surface area contributed by atoms with Crippen LogP contribution in [0.25, 0.3) is 166 Å². The molecular weight excluding hydrogens is 1030 g/mol. The van der Waals surface area contributed by atoms with E-state index in [1.165, 1.54) is 6.07 Å². The van der Waals surface area contributed by atoms with Crippen LogP contribution >= 0.6 is 0 Å². The van der Waals surface area contributed by atoms with Crippen LogP contribution in [0.2, 0.25) is 0 Å². The van der Waals surface area contributed by atoms with Crippen molar-refractivity contribution in [1.82, 2.24) is 24.1 Å². The highest BCUT2D eigenvalue weighted by Gasteiger charge is 2.31. The highest BCUT2D eigenvalue weighted by molar-refractivity contribution is 6.26. The summed E-state index contributed by atoms with van der Waals surface area (Å²) in [5.41, 5.74) is 3.16. The fourth-order valence-corrected chi connectivity index (χ4v) is 11.9. The Bertz CT molecular complexity index is 6630. The van der Waals surface area contributed by atoms with E-state index in [4.69, 9.17) is 35.3 Å². The predicted molar refractivity (Wildman–Crippen MR) is 340 cm³/mol. The maximum atomic E-state index is 12.3. The summed E-state index contributed by atoms with van der Waals surface area (Å²) in [5, 5.41) is 16.9. The third-order valence-corrected chi connectivity index (χ3v) is 15.3. The van der Waals surface area contributed by atoms with Gasteiger partial charge in [-0.15, -0.1) is 0 Å². The number of nitriles is 1. The summed E-state index contributed by atoms with van der Waals surface area (Å²) in [7, 11) is 0. The van der Waals surface area contributed by atoms with E-state index < -0.39 is 149 Å². The molecule has 8 nitrogen and oxygen atoms in total. The van der Waals surface area contributed by atoms with Crippen molar-refractivity contribution in [2.45, 2.75) is 0 Å². The first-order valence-corrected chi connectivity index (χ1v) is 26.4. The first-order chi connectivity index (χ1) is 49.9. The van der Waals surface area contributed by atoms with E-state index in [1.54, 1.807) is 72.8 Å². The van der Waals surface area contributed by atoms with Crippen LogP contribution in [0.1, 0.15) is 33.0 Å². The van der Waals surface area contributed by atoms with Gasteiger partial charge in [0, 0.05) is 54.6 Å². The van der Waals surface area contributed by atoms with Gasteiger partial charge in [-0.05, 0) is 94.5 Å². The first-order valence-electron chi connectivity index (χ1n) is 36.4. The monoisotopic (exact) mass is 1090 g/mol. The lowest BCUT2D eigenvalue weighted by molar-refractivity contribution is 0.672. The molecule has 0 fully saturated rings. The maximum absolute atomic E-state index is 12.3. The Morgan fingerprint density at radius 1 is 0.357 bits per heavy atom. The smallest absolute Gasteiger partial charge is 0.166 e. The van der Waals surface area contributed by atoms with Crippen LogP contribution in [0.4, 0.5) is 0 Å². The molecule has 17 rings (SSSR count). The van der Waals surface area contributed by atoms with Crippen molar-refractivity contribution in [2.24, 2.45) is 0 Å². The Morgan fingerprint density at radius 3 is 1.27 bits per heavy atom. The van der Waals surface area contributed by atoms with Crippen LogP contribution in [-0.4, -0.2) is 24.1 Å². The van der Waals surface area contributed by atoms with Gasteiger partial charge in [0.15, 0.2) is 17.5 Å². The molecule has 0 radical (unpaired) electrons. The lowest BCUT2D eigenvalue weighted by Gasteiger charge is -2.24. The molecule has 12 aromatic carbocycles. The number of furan rings is 2. The second-order valence-electron chi connectivity index (χ2n) is 19.8. The molecule has 0 saturated heterocycles. The van der Waals surface area contributed by atoms with E-state index in [9.17, 15) is 16.2 Å². The molecule has 0 unspecified atom stereocenters. The second kappa shape index (κ2) is 18.7. The fourth-order valence-electron chi connectivity index (χ4n) is 11.9. The SMILES string of the molecule is [2H]c1c([2H])c([2H])c(-c2ccc3c(c2)c2c4oc5ccccc5c4ccc2n3-c2c(C#N)cc(-c3nc(-c4c([2H])c([2H])c([2H])c([2H])c4[2H])nc(-c4c([2H])c([2H])c([2H])c([2H])c4[2H])n3)c(-n3c4ccc(-c5c([2H])c([2H])c([2H])c([2H])c5[2H])cc4c4c5oc6ccccc6c5ccc43)c2-c2ccccc2)c([2H])c1[2H]. The van der Waals surface area contributed by atoms with E-state index in [1.807, 2.05) is 75.9 Å². The summed E-state index contributed by atoms with van der Waals surface area (Å²) in [6.45, 7) is 0. The Hall–Kier alpha value is -11.7. The van der Waals surface area contributed by atoms with Gasteiger partial charge in [0.2, 0.25) is 0 Å². The Labute approximate surface area is 508 Å². The zero-order chi connectivity index (χ0) is 72.8. The van der Waals surface area contributed by atoms with Crippen LogP contribution in [0, 0.1) is 11.3 Å². The fraction of sp³-hybridized carbons (Fsp3) is 0. The molecule has 0 atom stereocenters. The van der Waals surface area contributed by atoms with E-state index in [0.29, 0.717) is 82.3 Å². The van der Waals surface area contributed by atoms with Gasteiger partial charge >= 0.3 is 0 Å². The molecule has 390 valence electrons. The molecule has 0 saturated carbocycles. The minimum Gasteiger partial charge on any atom is -0.455 e. The molecule has 84 heavy (non-hydrogen) atoms. The zero-order valence-corrected chi connectivity index (χ0v) is 43.4. The van der Waals surface area contributed by atoms with Gasteiger partial charge in [0.25, 0.3) is 0 Å². The van der Waals surface area contributed by atoms with Crippen LogP contribution in [0.15, 0.2) is 275 Å². The van der Waals surface area contributed by atoms with Gasteiger partial charge in [0.05, 0.1) is 77.2 Å². The summed E-state index contributed by atoms with van der Waals surface area (Å²) in [6, 6.07) is 32.0. The molecule has 5 heterocycles. The Balaban J connectivity index is 1.11. The standard InChI is InChI=1S/C76H44N6O2/c77-45-53-44-60(76-79-74(49-26-12-4-13-27-49)78-75(80-76)50-28-14-5-15-29-50)71(82-62-39-35-52(47-22-8-2-9-23-47)43-59(62)69-64(82)41-37-57-55-31-17-19-33-66(55)84-73(57)69)67(48-24-10-3-11-25-48)70(53)81-61-38-34-51(46-20-6-1-7-21-46)42-58(61)68-63(81)40-36-56-54-30-16-18-32-65(54)83-72(56)68/h1-44H/i1D,2D,4D,5D,6D,7D,8D,9D,12D,13D,14D,15D,20D,21D,22D,23D,26D,27D,28D,29D. The van der Waals surface area contributed by atoms with Crippen molar-refractivity contribution in [1.29, 1.82) is 5.26 Å². The van der Waals surface area contributed by atoms with Crippen molar-refractivity contribution in [2.75, 3.05) is 0 Å². The van der Waals surface area contributed by atoms with Crippen molar-refractivity contribution < 1.29 is 36.2 Å². The molecule has 0 aliphatic heterocycles. The first kappa shape index (κ1) is 31.4. The van der Waals surface area contributed by atoms with Crippen LogP contribution in [0.5, 0.6) is 0 Å². The molecule has 8 heteroatoms. The van der Waals surface area contributed by atoms with Gasteiger partial charge in [0.1, 0.15) is 28.4 Å². The minimum absolute atomic E-state index is 0.0732. The number of rotatable bonds is 8. The minimum atomic E-state index is -0.785. The largest absolute Gasteiger partial charge is 0.455 e. The second-order valence-corrected chi connectivity index (χ2v) is 19.8. The van der Waals surface area contributed by atoms with E-state index >= 15 is 0 Å². The maximum Gasteiger partial charge on any atom is 0.166 e. The molecule has 5 aromatic heterocycles. The molecule has 0 bridgehead atoms. The van der Waals surface area contributed by atoms with E-state index in [0.717, 1.165) is 10.8 Å². The van der Waals surface area contributed by atoms with Crippen LogP contribution in [0.3, 0.4) is 0 Å². The Kier molecular flexibility index (Phi) is 6.99. The van der Waals surface area contributed by atoms with Gasteiger partial charge in [-0.25, -0.2) is 15.0 Å². The number of nitrogens with zero attached hydrogens (tertiary/aromatic N) is 6. The lowest BCUT2D eigenvalue weighted by atomic mass is 9.93.